The maximum absolute atomic E-state index is 13.1. The molecule has 1 N–H and O–H groups in total. The molecule has 1 aliphatic carbocycles. The molecule has 0 spiro atoms. The fourth-order valence-electron chi connectivity index (χ4n) is 3.16. The third-order valence-electron chi connectivity index (χ3n) is 4.53. The first-order valence-electron chi connectivity index (χ1n) is 8.69. The molecule has 0 aromatic heterocycles. The van der Waals surface area contributed by atoms with Crippen molar-refractivity contribution in [1.29, 1.82) is 5.26 Å². The van der Waals surface area contributed by atoms with E-state index in [4.69, 9.17) is 38.3 Å². The highest BCUT2D eigenvalue weighted by molar-refractivity contribution is 6.45. The van der Waals surface area contributed by atoms with Gasteiger partial charge < -0.3 is 9.84 Å². The zero-order chi connectivity index (χ0) is 21.1. The number of aliphatic carboxylic acids is 1. The molecule has 1 aliphatic rings. The molecule has 0 aliphatic heterocycles. The average molecular weight is 420 g/mol. The lowest BCUT2D eigenvalue weighted by Gasteiger charge is -2.22. The Morgan fingerprint density at radius 2 is 1.86 bits per heavy atom. The van der Waals surface area contributed by atoms with Gasteiger partial charge in [0, 0.05) is 5.56 Å². The predicted octanol–water partition coefficient (Wildman–Crippen LogP) is 5.05. The Kier molecular flexibility index (Phi) is 6.71. The number of Topliss-reactive ketones (excluding diaryl/α,β-unsaturated/α-hetero) is 1. The monoisotopic (exact) mass is 419 g/mol. The molecule has 0 amide bonds. The Bertz CT molecular complexity index is 964. The molecule has 0 bridgehead atoms. The summed E-state index contributed by atoms with van der Waals surface area (Å²) in [5, 5.41) is 17.8. The number of hydrogen-bond acceptors (Lipinski definition) is 4. The first kappa shape index (κ1) is 21.7. The van der Waals surface area contributed by atoms with Crippen molar-refractivity contribution in [3.8, 4) is 11.8 Å². The Morgan fingerprint density at radius 3 is 2.39 bits per heavy atom. The van der Waals surface area contributed by atoms with Gasteiger partial charge in [-0.3, -0.25) is 4.79 Å². The van der Waals surface area contributed by atoms with Gasteiger partial charge in [0.05, 0.1) is 22.1 Å². The standard InChI is InChI=1S/C19H13Cl2NO4.C2H6/c1-19(12-4-2-10(8-22)3-5-12)7-11-6-13(26-9-14(23)24)16(20)17(21)15(11)18(19)25;1-2/h2-6H,7,9H2,1H3,(H,23,24);1-2H3. The summed E-state index contributed by atoms with van der Waals surface area (Å²) >= 11 is 12.5. The van der Waals surface area contributed by atoms with E-state index in [1.807, 2.05) is 19.9 Å². The van der Waals surface area contributed by atoms with Gasteiger partial charge in [0.2, 0.25) is 0 Å². The van der Waals surface area contributed by atoms with E-state index in [2.05, 4.69) is 0 Å². The molecule has 0 heterocycles. The molecule has 146 valence electrons. The number of hydrogen-bond donors (Lipinski definition) is 1. The lowest BCUT2D eigenvalue weighted by molar-refractivity contribution is -0.139. The van der Waals surface area contributed by atoms with Gasteiger partial charge in [-0.15, -0.1) is 0 Å². The second-order valence-electron chi connectivity index (χ2n) is 6.25. The first-order valence-corrected chi connectivity index (χ1v) is 9.44. The molecular weight excluding hydrogens is 401 g/mol. The quantitative estimate of drug-likeness (QED) is 0.748. The van der Waals surface area contributed by atoms with Crippen LogP contribution < -0.4 is 4.74 Å². The summed E-state index contributed by atoms with van der Waals surface area (Å²) in [6.45, 7) is 5.24. The molecule has 0 fully saturated rings. The largest absolute Gasteiger partial charge is 0.480 e. The molecule has 7 heteroatoms. The minimum atomic E-state index is -1.14. The summed E-state index contributed by atoms with van der Waals surface area (Å²) in [5.74, 6) is -1.18. The average Bonchev–Trinajstić information content (AvgIpc) is 2.96. The molecule has 3 rings (SSSR count). The minimum absolute atomic E-state index is 0.0177. The van der Waals surface area contributed by atoms with Crippen molar-refractivity contribution in [3.05, 3.63) is 62.6 Å². The Hall–Kier alpha value is -2.55. The number of carboxylic acids is 1. The number of carbonyl (C=O) groups is 2. The maximum Gasteiger partial charge on any atom is 0.341 e. The Labute approximate surface area is 173 Å². The Balaban J connectivity index is 0.00000136. The van der Waals surface area contributed by atoms with E-state index in [0.717, 1.165) is 5.56 Å². The zero-order valence-corrected chi connectivity index (χ0v) is 17.2. The second-order valence-corrected chi connectivity index (χ2v) is 7.00. The summed E-state index contributed by atoms with van der Waals surface area (Å²) in [4.78, 5) is 23.8. The number of benzene rings is 2. The van der Waals surface area contributed by atoms with Gasteiger partial charge in [-0.1, -0.05) is 49.2 Å². The molecular formula is C21H19Cl2NO4. The smallest absolute Gasteiger partial charge is 0.341 e. The lowest BCUT2D eigenvalue weighted by Crippen LogP contribution is -2.29. The van der Waals surface area contributed by atoms with E-state index in [1.165, 1.54) is 0 Å². The number of nitrogens with zero attached hydrogens (tertiary/aromatic N) is 1. The van der Waals surface area contributed by atoms with Crippen LogP contribution in [0.4, 0.5) is 0 Å². The number of fused-ring (bicyclic) bond motifs is 1. The first-order chi connectivity index (χ1) is 13.3. The van der Waals surface area contributed by atoms with Crippen molar-refractivity contribution in [3.63, 3.8) is 0 Å². The highest BCUT2D eigenvalue weighted by Gasteiger charge is 2.45. The summed E-state index contributed by atoms with van der Waals surface area (Å²) < 4.78 is 5.18. The number of rotatable bonds is 4. The highest BCUT2D eigenvalue weighted by atomic mass is 35.5. The highest BCUT2D eigenvalue weighted by Crippen LogP contribution is 2.47. The van der Waals surface area contributed by atoms with E-state index in [9.17, 15) is 9.59 Å². The molecule has 5 nitrogen and oxygen atoms in total. The molecule has 1 unspecified atom stereocenters. The van der Waals surface area contributed by atoms with Crippen molar-refractivity contribution >= 4 is 35.0 Å². The van der Waals surface area contributed by atoms with Crippen LogP contribution >= 0.6 is 23.2 Å². The van der Waals surface area contributed by atoms with Crippen molar-refractivity contribution in [2.75, 3.05) is 6.61 Å². The minimum Gasteiger partial charge on any atom is -0.480 e. The fourth-order valence-corrected chi connectivity index (χ4v) is 3.67. The topological polar surface area (TPSA) is 87.4 Å². The SMILES string of the molecule is CC.CC1(c2ccc(C#N)cc2)Cc2cc(OCC(=O)O)c(Cl)c(Cl)c2C1=O. The van der Waals surface area contributed by atoms with Crippen LogP contribution in [0.15, 0.2) is 30.3 Å². The fraction of sp³-hybridized carbons (Fsp3) is 0.286. The summed E-state index contributed by atoms with van der Waals surface area (Å²) in [6, 6.07) is 10.4. The zero-order valence-electron chi connectivity index (χ0n) is 15.7. The molecule has 0 saturated carbocycles. The predicted molar refractivity (Wildman–Crippen MR) is 107 cm³/mol. The van der Waals surface area contributed by atoms with Gasteiger partial charge in [-0.2, -0.15) is 5.26 Å². The van der Waals surface area contributed by atoms with Crippen molar-refractivity contribution < 1.29 is 19.4 Å². The van der Waals surface area contributed by atoms with Gasteiger partial charge in [0.25, 0.3) is 0 Å². The van der Waals surface area contributed by atoms with Crippen LogP contribution in [0, 0.1) is 11.3 Å². The summed E-state index contributed by atoms with van der Waals surface area (Å²) in [5.41, 5.74) is 1.39. The van der Waals surface area contributed by atoms with Crippen LogP contribution in [0.1, 0.15) is 47.8 Å². The molecule has 2 aromatic rings. The number of carboxylic acid groups (broad SMARTS) is 1. The molecule has 28 heavy (non-hydrogen) atoms. The summed E-state index contributed by atoms with van der Waals surface area (Å²) in [7, 11) is 0. The van der Waals surface area contributed by atoms with Crippen molar-refractivity contribution in [2.45, 2.75) is 32.6 Å². The van der Waals surface area contributed by atoms with Crippen LogP contribution in [-0.2, 0) is 16.6 Å². The molecule has 0 saturated heterocycles. The van der Waals surface area contributed by atoms with Gasteiger partial charge >= 0.3 is 5.97 Å². The van der Waals surface area contributed by atoms with E-state index < -0.39 is 18.0 Å². The van der Waals surface area contributed by atoms with Crippen molar-refractivity contribution in [1.82, 2.24) is 0 Å². The number of ketones is 1. The van der Waals surface area contributed by atoms with Gasteiger partial charge in [-0.05, 0) is 42.7 Å². The van der Waals surface area contributed by atoms with Crippen LogP contribution in [0.5, 0.6) is 5.75 Å². The van der Waals surface area contributed by atoms with Gasteiger partial charge in [-0.25, -0.2) is 4.79 Å². The van der Waals surface area contributed by atoms with Gasteiger partial charge in [0.15, 0.2) is 12.4 Å². The van der Waals surface area contributed by atoms with Crippen LogP contribution in [0.2, 0.25) is 10.0 Å². The number of ether oxygens (including phenoxy) is 1. The van der Waals surface area contributed by atoms with Gasteiger partial charge in [0.1, 0.15) is 10.8 Å². The second kappa shape index (κ2) is 8.64. The van der Waals surface area contributed by atoms with Crippen molar-refractivity contribution in [2.24, 2.45) is 0 Å². The number of nitriles is 1. The van der Waals surface area contributed by atoms with E-state index in [1.54, 1.807) is 37.3 Å². The van der Waals surface area contributed by atoms with E-state index in [-0.39, 0.29) is 21.6 Å². The number of carbonyl (C=O) groups excluding carboxylic acids is 1. The third kappa shape index (κ3) is 3.84. The molecule has 2 aromatic carbocycles. The van der Waals surface area contributed by atoms with Crippen LogP contribution in [0.25, 0.3) is 0 Å². The lowest BCUT2D eigenvalue weighted by atomic mass is 9.78. The van der Waals surface area contributed by atoms with E-state index in [0.29, 0.717) is 23.1 Å². The third-order valence-corrected chi connectivity index (χ3v) is 5.38. The summed E-state index contributed by atoms with van der Waals surface area (Å²) in [6.07, 6.45) is 0.368. The van der Waals surface area contributed by atoms with E-state index >= 15 is 0 Å². The maximum atomic E-state index is 13.1. The molecule has 0 radical (unpaired) electrons. The van der Waals surface area contributed by atoms with Crippen LogP contribution in [-0.4, -0.2) is 23.5 Å². The Morgan fingerprint density at radius 1 is 1.25 bits per heavy atom. The van der Waals surface area contributed by atoms with Crippen LogP contribution in [0.3, 0.4) is 0 Å². The number of halogens is 2. The molecule has 1 atom stereocenters. The normalized spacial score (nSPS) is 17.2.